The summed E-state index contributed by atoms with van der Waals surface area (Å²) < 4.78 is 6.81. The highest BCUT2D eigenvalue weighted by Gasteiger charge is 2.27. The average Bonchev–Trinajstić information content (AvgIpc) is 2.83. The highest BCUT2D eigenvalue weighted by molar-refractivity contribution is 5.93. The SMILES string of the molecule is CC(c1cn(C(=O)OC(C)(C)C)c2ccccc12)C(N)C(=O)O. The summed E-state index contributed by atoms with van der Waals surface area (Å²) in [6.07, 6.45) is 1.11. The molecule has 6 nitrogen and oxygen atoms in total. The summed E-state index contributed by atoms with van der Waals surface area (Å²) in [6.45, 7) is 7.11. The predicted octanol–water partition coefficient (Wildman–Crippen LogP) is 2.94. The molecule has 0 bridgehead atoms. The number of ether oxygens (including phenoxy) is 1. The zero-order valence-electron chi connectivity index (χ0n) is 13.7. The molecule has 124 valence electrons. The number of nitrogens with two attached hydrogens (primary N) is 1. The number of carbonyl (C=O) groups excluding carboxylic acids is 1. The third-order valence-electron chi connectivity index (χ3n) is 3.65. The Morgan fingerprint density at radius 3 is 2.43 bits per heavy atom. The number of hydrogen-bond donors (Lipinski definition) is 2. The molecule has 1 heterocycles. The maximum absolute atomic E-state index is 12.4. The van der Waals surface area contributed by atoms with Crippen LogP contribution in [0, 0.1) is 0 Å². The monoisotopic (exact) mass is 318 g/mol. The van der Waals surface area contributed by atoms with Gasteiger partial charge in [0.05, 0.1) is 5.52 Å². The molecule has 0 radical (unpaired) electrons. The Hall–Kier alpha value is -2.34. The molecule has 0 spiro atoms. The van der Waals surface area contributed by atoms with Crippen LogP contribution in [0.3, 0.4) is 0 Å². The number of carbonyl (C=O) groups is 2. The fourth-order valence-corrected chi connectivity index (χ4v) is 2.44. The molecular formula is C17H22N2O4. The van der Waals surface area contributed by atoms with Crippen LogP contribution in [0.1, 0.15) is 39.2 Å². The lowest BCUT2D eigenvalue weighted by Gasteiger charge is -2.19. The summed E-state index contributed by atoms with van der Waals surface area (Å²) in [5.74, 6) is -1.52. The van der Waals surface area contributed by atoms with E-state index in [9.17, 15) is 9.59 Å². The molecule has 23 heavy (non-hydrogen) atoms. The summed E-state index contributed by atoms with van der Waals surface area (Å²) in [6, 6.07) is 6.24. The molecule has 0 saturated carbocycles. The normalized spacial score (nSPS) is 14.5. The van der Waals surface area contributed by atoms with E-state index >= 15 is 0 Å². The van der Waals surface area contributed by atoms with Gasteiger partial charge >= 0.3 is 12.1 Å². The quantitative estimate of drug-likeness (QED) is 0.907. The second-order valence-corrected chi connectivity index (χ2v) is 6.60. The minimum absolute atomic E-state index is 0.443. The fourth-order valence-electron chi connectivity index (χ4n) is 2.44. The van der Waals surface area contributed by atoms with Gasteiger partial charge in [0.2, 0.25) is 0 Å². The molecule has 0 aliphatic rings. The van der Waals surface area contributed by atoms with Gasteiger partial charge in [0, 0.05) is 17.5 Å². The van der Waals surface area contributed by atoms with Gasteiger partial charge in [0.15, 0.2) is 0 Å². The molecule has 0 fully saturated rings. The third kappa shape index (κ3) is 3.53. The standard InChI is InChI=1S/C17H22N2O4/c1-10(14(18)15(20)21)12-9-19(16(22)23-17(2,3)4)13-8-6-5-7-11(12)13/h5-10,14H,18H2,1-4H3,(H,20,21). The highest BCUT2D eigenvalue weighted by Crippen LogP contribution is 2.30. The largest absolute Gasteiger partial charge is 0.480 e. The van der Waals surface area contributed by atoms with E-state index in [2.05, 4.69) is 0 Å². The third-order valence-corrected chi connectivity index (χ3v) is 3.65. The summed E-state index contributed by atoms with van der Waals surface area (Å²) >= 11 is 0. The van der Waals surface area contributed by atoms with E-state index in [1.165, 1.54) is 4.57 Å². The summed E-state index contributed by atoms with van der Waals surface area (Å²) in [5.41, 5.74) is 6.50. The smallest absolute Gasteiger partial charge is 0.419 e. The number of hydrogen-bond acceptors (Lipinski definition) is 4. The Morgan fingerprint density at radius 1 is 1.26 bits per heavy atom. The zero-order valence-corrected chi connectivity index (χ0v) is 13.7. The molecule has 1 aromatic carbocycles. The number of fused-ring (bicyclic) bond motifs is 1. The molecule has 2 rings (SSSR count). The van der Waals surface area contributed by atoms with Gasteiger partial charge in [-0.25, -0.2) is 4.79 Å². The first-order chi connectivity index (χ1) is 10.6. The second kappa shape index (κ2) is 6.04. The van der Waals surface area contributed by atoms with Crippen molar-refractivity contribution < 1.29 is 19.4 Å². The van der Waals surface area contributed by atoms with Crippen LogP contribution in [0.4, 0.5) is 4.79 Å². The first-order valence-electron chi connectivity index (χ1n) is 7.43. The molecule has 2 aromatic rings. The summed E-state index contributed by atoms with van der Waals surface area (Å²) in [5, 5.41) is 9.93. The first kappa shape index (κ1) is 17.0. The zero-order chi connectivity index (χ0) is 17.4. The van der Waals surface area contributed by atoms with E-state index in [1.807, 2.05) is 18.2 Å². The molecule has 3 N–H and O–H groups in total. The van der Waals surface area contributed by atoms with Gasteiger partial charge in [-0.3, -0.25) is 9.36 Å². The van der Waals surface area contributed by atoms with Crippen LogP contribution in [0.2, 0.25) is 0 Å². The van der Waals surface area contributed by atoms with Gasteiger partial charge in [-0.15, -0.1) is 0 Å². The maximum atomic E-state index is 12.4. The van der Waals surface area contributed by atoms with Crippen LogP contribution in [0.5, 0.6) is 0 Å². The Morgan fingerprint density at radius 2 is 1.87 bits per heavy atom. The van der Waals surface area contributed by atoms with Crippen LogP contribution in [0.15, 0.2) is 30.5 Å². The van der Waals surface area contributed by atoms with Crippen LogP contribution >= 0.6 is 0 Å². The number of aromatic nitrogens is 1. The van der Waals surface area contributed by atoms with Gasteiger partial charge < -0.3 is 15.6 Å². The van der Waals surface area contributed by atoms with Crippen molar-refractivity contribution in [3.63, 3.8) is 0 Å². The van der Waals surface area contributed by atoms with Crippen LogP contribution in [-0.4, -0.2) is 33.4 Å². The van der Waals surface area contributed by atoms with Crippen molar-refractivity contribution >= 4 is 23.0 Å². The van der Waals surface area contributed by atoms with E-state index in [-0.39, 0.29) is 0 Å². The predicted molar refractivity (Wildman–Crippen MR) is 87.6 cm³/mol. The van der Waals surface area contributed by atoms with E-state index in [4.69, 9.17) is 15.6 Å². The van der Waals surface area contributed by atoms with E-state index < -0.39 is 29.6 Å². The number of aliphatic carboxylic acids is 1. The van der Waals surface area contributed by atoms with Crippen molar-refractivity contribution in [2.24, 2.45) is 5.73 Å². The van der Waals surface area contributed by atoms with Crippen LogP contribution in [0.25, 0.3) is 10.9 Å². The first-order valence-corrected chi connectivity index (χ1v) is 7.43. The Kier molecular flexibility index (Phi) is 4.47. The van der Waals surface area contributed by atoms with Crippen molar-refractivity contribution in [3.05, 3.63) is 36.0 Å². The minimum atomic E-state index is -1.08. The van der Waals surface area contributed by atoms with Gasteiger partial charge in [0.25, 0.3) is 0 Å². The molecule has 0 amide bonds. The maximum Gasteiger partial charge on any atom is 0.419 e. The molecule has 0 saturated heterocycles. The van der Waals surface area contributed by atoms with Crippen molar-refractivity contribution in [3.8, 4) is 0 Å². The number of carboxylic acids is 1. The Balaban J connectivity index is 2.52. The van der Waals surface area contributed by atoms with Crippen molar-refractivity contribution in [2.45, 2.75) is 45.3 Å². The van der Waals surface area contributed by atoms with Crippen LogP contribution < -0.4 is 5.73 Å². The van der Waals surface area contributed by atoms with Gasteiger partial charge in [0.1, 0.15) is 11.6 Å². The average molecular weight is 318 g/mol. The second-order valence-electron chi connectivity index (χ2n) is 6.60. The Bertz CT molecular complexity index is 743. The highest BCUT2D eigenvalue weighted by atomic mass is 16.6. The molecule has 6 heteroatoms. The number of rotatable bonds is 3. The molecular weight excluding hydrogens is 296 g/mol. The summed E-state index contributed by atoms with van der Waals surface area (Å²) in [7, 11) is 0. The van der Waals surface area contributed by atoms with Crippen molar-refractivity contribution in [1.29, 1.82) is 0 Å². The lowest BCUT2D eigenvalue weighted by atomic mass is 9.93. The topological polar surface area (TPSA) is 94.5 Å². The minimum Gasteiger partial charge on any atom is -0.480 e. The lowest BCUT2D eigenvalue weighted by molar-refractivity contribution is -0.138. The number of nitrogens with zero attached hydrogens (tertiary/aromatic N) is 1. The Labute approximate surface area is 134 Å². The summed E-state index contributed by atoms with van der Waals surface area (Å²) in [4.78, 5) is 23.6. The molecule has 0 aliphatic heterocycles. The lowest BCUT2D eigenvalue weighted by Crippen LogP contribution is -2.35. The van der Waals surface area contributed by atoms with E-state index in [1.54, 1.807) is 40.0 Å². The van der Waals surface area contributed by atoms with E-state index in [0.717, 1.165) is 5.39 Å². The van der Waals surface area contributed by atoms with E-state index in [0.29, 0.717) is 11.1 Å². The fraction of sp³-hybridized carbons (Fsp3) is 0.412. The molecule has 0 aliphatic carbocycles. The number of carboxylic acid groups (broad SMARTS) is 1. The molecule has 1 aromatic heterocycles. The number of benzene rings is 1. The van der Waals surface area contributed by atoms with Crippen LogP contribution in [-0.2, 0) is 9.53 Å². The van der Waals surface area contributed by atoms with Crippen molar-refractivity contribution in [2.75, 3.05) is 0 Å². The van der Waals surface area contributed by atoms with Gasteiger partial charge in [-0.1, -0.05) is 25.1 Å². The molecule has 2 unspecified atom stereocenters. The molecule has 2 atom stereocenters. The van der Waals surface area contributed by atoms with Gasteiger partial charge in [-0.2, -0.15) is 0 Å². The number of para-hydroxylation sites is 1. The van der Waals surface area contributed by atoms with Crippen molar-refractivity contribution in [1.82, 2.24) is 4.57 Å². The van der Waals surface area contributed by atoms with Gasteiger partial charge in [-0.05, 0) is 32.4 Å².